The second-order valence-corrected chi connectivity index (χ2v) is 4.69. The third-order valence-electron chi connectivity index (χ3n) is 3.55. The van der Waals surface area contributed by atoms with Gasteiger partial charge in [0.15, 0.2) is 5.82 Å². The summed E-state index contributed by atoms with van der Waals surface area (Å²) in [4.78, 5) is 25.7. The molecule has 1 saturated heterocycles. The molecule has 1 aliphatic heterocycles. The first kappa shape index (κ1) is 11.8. The highest BCUT2D eigenvalue weighted by atomic mass is 16.4. The molecule has 1 N–H and O–H groups in total. The van der Waals surface area contributed by atoms with Crippen LogP contribution in [0.3, 0.4) is 0 Å². The SMILES string of the molecule is O=C(O)C1CCN(c2nccc3cncnc23)CC1. The zero-order chi connectivity index (χ0) is 13.2. The summed E-state index contributed by atoms with van der Waals surface area (Å²) in [5, 5.41) is 9.96. The van der Waals surface area contributed by atoms with E-state index in [1.807, 2.05) is 6.07 Å². The van der Waals surface area contributed by atoms with Gasteiger partial charge in [0, 0.05) is 30.9 Å². The molecular weight excluding hydrogens is 244 g/mol. The number of fused-ring (bicyclic) bond motifs is 1. The van der Waals surface area contributed by atoms with Gasteiger partial charge in [0.05, 0.1) is 5.92 Å². The Hall–Kier alpha value is -2.24. The van der Waals surface area contributed by atoms with Crippen molar-refractivity contribution in [3.05, 3.63) is 24.8 Å². The van der Waals surface area contributed by atoms with E-state index in [4.69, 9.17) is 5.11 Å². The van der Waals surface area contributed by atoms with E-state index in [9.17, 15) is 4.79 Å². The summed E-state index contributed by atoms with van der Waals surface area (Å²) in [6, 6.07) is 1.88. The van der Waals surface area contributed by atoms with Crippen LogP contribution in [-0.2, 0) is 4.79 Å². The van der Waals surface area contributed by atoms with Crippen LogP contribution in [0.5, 0.6) is 0 Å². The molecule has 2 aromatic rings. The smallest absolute Gasteiger partial charge is 0.306 e. The van der Waals surface area contributed by atoms with Gasteiger partial charge in [-0.15, -0.1) is 0 Å². The van der Waals surface area contributed by atoms with E-state index in [1.54, 1.807) is 12.4 Å². The number of carboxylic acids is 1. The van der Waals surface area contributed by atoms with Crippen molar-refractivity contribution in [3.63, 3.8) is 0 Å². The van der Waals surface area contributed by atoms with Crippen LogP contribution in [0, 0.1) is 5.92 Å². The second kappa shape index (κ2) is 4.79. The Morgan fingerprint density at radius 3 is 2.84 bits per heavy atom. The fourth-order valence-electron chi connectivity index (χ4n) is 2.47. The van der Waals surface area contributed by atoms with Crippen LogP contribution in [-0.4, -0.2) is 39.1 Å². The van der Waals surface area contributed by atoms with Crippen molar-refractivity contribution in [1.29, 1.82) is 0 Å². The van der Waals surface area contributed by atoms with E-state index >= 15 is 0 Å². The van der Waals surface area contributed by atoms with E-state index in [1.165, 1.54) is 6.33 Å². The lowest BCUT2D eigenvalue weighted by Gasteiger charge is -2.31. The Kier molecular flexibility index (Phi) is 2.98. The Bertz CT molecular complexity index is 603. The van der Waals surface area contributed by atoms with E-state index in [2.05, 4.69) is 19.9 Å². The molecule has 0 saturated carbocycles. The Labute approximate surface area is 110 Å². The van der Waals surface area contributed by atoms with Crippen molar-refractivity contribution < 1.29 is 9.90 Å². The lowest BCUT2D eigenvalue weighted by molar-refractivity contribution is -0.142. The van der Waals surface area contributed by atoms with E-state index in [0.717, 1.165) is 16.7 Å². The Morgan fingerprint density at radius 1 is 1.32 bits per heavy atom. The lowest BCUT2D eigenvalue weighted by Crippen LogP contribution is -2.36. The highest BCUT2D eigenvalue weighted by Crippen LogP contribution is 2.26. The molecule has 3 heterocycles. The fourth-order valence-corrected chi connectivity index (χ4v) is 2.47. The fraction of sp³-hybridized carbons (Fsp3) is 0.385. The number of pyridine rings is 1. The van der Waals surface area contributed by atoms with Gasteiger partial charge in [-0.05, 0) is 18.9 Å². The second-order valence-electron chi connectivity index (χ2n) is 4.69. The molecule has 2 aromatic heterocycles. The third-order valence-corrected chi connectivity index (χ3v) is 3.55. The minimum atomic E-state index is -0.701. The van der Waals surface area contributed by atoms with Gasteiger partial charge in [0.25, 0.3) is 0 Å². The standard InChI is InChI=1S/C13H14N4O2/c18-13(19)9-2-5-17(6-3-9)12-11-10(1-4-15-12)7-14-8-16-11/h1,4,7-9H,2-3,5-6H2,(H,18,19). The van der Waals surface area contributed by atoms with Crippen LogP contribution >= 0.6 is 0 Å². The van der Waals surface area contributed by atoms with Gasteiger partial charge in [0.2, 0.25) is 0 Å². The molecule has 0 bridgehead atoms. The molecule has 0 aliphatic carbocycles. The highest BCUT2D eigenvalue weighted by molar-refractivity contribution is 5.87. The molecule has 0 aromatic carbocycles. The molecule has 98 valence electrons. The molecule has 0 unspecified atom stereocenters. The summed E-state index contributed by atoms with van der Waals surface area (Å²) in [7, 11) is 0. The maximum atomic E-state index is 11.0. The van der Waals surface area contributed by atoms with Crippen LogP contribution in [0.2, 0.25) is 0 Å². The molecule has 0 radical (unpaired) electrons. The number of piperidine rings is 1. The Balaban J connectivity index is 1.88. The van der Waals surface area contributed by atoms with Crippen LogP contribution in [0.25, 0.3) is 10.9 Å². The topological polar surface area (TPSA) is 79.2 Å². The van der Waals surface area contributed by atoms with Gasteiger partial charge in [-0.2, -0.15) is 0 Å². The van der Waals surface area contributed by atoms with Crippen LogP contribution in [0.4, 0.5) is 5.82 Å². The highest BCUT2D eigenvalue weighted by Gasteiger charge is 2.26. The molecule has 0 atom stereocenters. The monoisotopic (exact) mass is 258 g/mol. The number of carbonyl (C=O) groups is 1. The van der Waals surface area contributed by atoms with Crippen molar-refractivity contribution in [3.8, 4) is 0 Å². The number of carboxylic acid groups (broad SMARTS) is 1. The third kappa shape index (κ3) is 2.21. The van der Waals surface area contributed by atoms with Crippen molar-refractivity contribution in [2.45, 2.75) is 12.8 Å². The number of hydrogen-bond donors (Lipinski definition) is 1. The van der Waals surface area contributed by atoms with Gasteiger partial charge in [-0.3, -0.25) is 4.79 Å². The molecule has 19 heavy (non-hydrogen) atoms. The zero-order valence-electron chi connectivity index (χ0n) is 10.4. The van der Waals surface area contributed by atoms with Gasteiger partial charge >= 0.3 is 5.97 Å². The quantitative estimate of drug-likeness (QED) is 0.875. The van der Waals surface area contributed by atoms with E-state index in [-0.39, 0.29) is 5.92 Å². The summed E-state index contributed by atoms with van der Waals surface area (Å²) >= 11 is 0. The van der Waals surface area contributed by atoms with Crippen molar-refractivity contribution in [2.75, 3.05) is 18.0 Å². The molecule has 6 nitrogen and oxygen atoms in total. The number of hydrogen-bond acceptors (Lipinski definition) is 5. The summed E-state index contributed by atoms with van der Waals surface area (Å²) < 4.78 is 0. The van der Waals surface area contributed by atoms with Crippen LogP contribution in [0.1, 0.15) is 12.8 Å². The summed E-state index contributed by atoms with van der Waals surface area (Å²) in [6.45, 7) is 1.40. The number of aromatic nitrogens is 3. The number of anilines is 1. The molecule has 1 aliphatic rings. The maximum Gasteiger partial charge on any atom is 0.306 e. The molecule has 1 fully saturated rings. The van der Waals surface area contributed by atoms with Gasteiger partial charge in [-0.1, -0.05) is 0 Å². The van der Waals surface area contributed by atoms with Crippen molar-refractivity contribution >= 4 is 22.7 Å². The molecule has 0 amide bonds. The molecule has 0 spiro atoms. The normalized spacial score (nSPS) is 16.7. The van der Waals surface area contributed by atoms with Crippen molar-refractivity contribution in [2.24, 2.45) is 5.92 Å². The molecule has 6 heteroatoms. The van der Waals surface area contributed by atoms with Gasteiger partial charge in [-0.25, -0.2) is 15.0 Å². The minimum Gasteiger partial charge on any atom is -0.481 e. The minimum absolute atomic E-state index is 0.235. The first-order valence-corrected chi connectivity index (χ1v) is 6.28. The predicted molar refractivity (Wildman–Crippen MR) is 69.9 cm³/mol. The van der Waals surface area contributed by atoms with Crippen LogP contribution < -0.4 is 4.90 Å². The average Bonchev–Trinajstić information content (AvgIpc) is 2.47. The zero-order valence-corrected chi connectivity index (χ0v) is 10.4. The van der Waals surface area contributed by atoms with Crippen LogP contribution in [0.15, 0.2) is 24.8 Å². The first-order chi connectivity index (χ1) is 9.25. The van der Waals surface area contributed by atoms with Gasteiger partial charge < -0.3 is 10.0 Å². The number of aliphatic carboxylic acids is 1. The van der Waals surface area contributed by atoms with E-state index < -0.39 is 5.97 Å². The van der Waals surface area contributed by atoms with E-state index in [0.29, 0.717) is 25.9 Å². The van der Waals surface area contributed by atoms with Crippen molar-refractivity contribution in [1.82, 2.24) is 15.0 Å². The molecule has 3 rings (SSSR count). The summed E-state index contributed by atoms with van der Waals surface area (Å²) in [6.07, 6.45) is 6.32. The summed E-state index contributed by atoms with van der Waals surface area (Å²) in [5.74, 6) is -0.113. The first-order valence-electron chi connectivity index (χ1n) is 6.28. The Morgan fingerprint density at radius 2 is 2.11 bits per heavy atom. The maximum absolute atomic E-state index is 11.0. The predicted octanol–water partition coefficient (Wildman–Crippen LogP) is 1.33. The number of nitrogens with zero attached hydrogens (tertiary/aromatic N) is 4. The van der Waals surface area contributed by atoms with Gasteiger partial charge in [0.1, 0.15) is 11.8 Å². The largest absolute Gasteiger partial charge is 0.481 e. The lowest BCUT2D eigenvalue weighted by atomic mass is 9.97. The molecular formula is C13H14N4O2. The number of rotatable bonds is 2. The summed E-state index contributed by atoms with van der Waals surface area (Å²) in [5.41, 5.74) is 0.825. The average molecular weight is 258 g/mol.